The molecule has 4 rings (SSSR count). The molecule has 5 nitrogen and oxygen atoms in total. The molecule has 0 radical (unpaired) electrons. The molecule has 154 valence electrons. The van der Waals surface area contributed by atoms with Crippen LogP contribution in [0.2, 0.25) is 0 Å². The number of para-hydroxylation sites is 1. The van der Waals surface area contributed by atoms with Gasteiger partial charge >= 0.3 is 0 Å². The molecule has 1 amide bonds. The van der Waals surface area contributed by atoms with E-state index >= 15 is 0 Å². The number of benzene rings is 2. The molecular weight excluding hydrogens is 360 g/mol. The van der Waals surface area contributed by atoms with Gasteiger partial charge in [-0.3, -0.25) is 9.69 Å². The lowest BCUT2D eigenvalue weighted by Gasteiger charge is -2.19. The van der Waals surface area contributed by atoms with Crippen LogP contribution in [0.15, 0.2) is 60.7 Å². The third-order valence-corrected chi connectivity index (χ3v) is 6.41. The third-order valence-electron chi connectivity index (χ3n) is 6.41. The van der Waals surface area contributed by atoms with Crippen LogP contribution in [0.1, 0.15) is 17.9 Å². The van der Waals surface area contributed by atoms with Crippen LogP contribution in [0, 0.1) is 11.8 Å². The second-order valence-corrected chi connectivity index (χ2v) is 8.45. The quantitative estimate of drug-likeness (QED) is 0.759. The van der Waals surface area contributed by atoms with E-state index in [1.165, 1.54) is 11.3 Å². The number of nitrogens with zero attached hydrogens (tertiary/aromatic N) is 2. The number of carbonyl (C=O) groups is 1. The zero-order valence-electron chi connectivity index (χ0n) is 17.0. The van der Waals surface area contributed by atoms with Crippen LogP contribution in [0.5, 0.6) is 0 Å². The lowest BCUT2D eigenvalue weighted by molar-refractivity contribution is -0.122. The minimum atomic E-state index is 0.132. The summed E-state index contributed by atoms with van der Waals surface area (Å²) in [6.07, 6.45) is 1.13. The van der Waals surface area contributed by atoms with Crippen molar-refractivity contribution in [3.63, 3.8) is 0 Å². The van der Waals surface area contributed by atoms with E-state index in [1.54, 1.807) is 0 Å². The molecule has 2 aliphatic rings. The summed E-state index contributed by atoms with van der Waals surface area (Å²) in [6.45, 7) is 5.77. The van der Waals surface area contributed by atoms with Crippen molar-refractivity contribution in [2.75, 3.05) is 50.7 Å². The van der Waals surface area contributed by atoms with Crippen LogP contribution < -0.4 is 16.0 Å². The van der Waals surface area contributed by atoms with Gasteiger partial charge in [0.1, 0.15) is 0 Å². The Hall–Kier alpha value is -2.37. The standard InChI is InChI=1S/C24H32N4O/c25-13-21-16-27(17-23(21)20-7-3-1-4-8-20)18-24(29)26-14-19-11-12-28(15-19)22-9-5-2-6-10-22/h1-10,19,21,23H,11-18,25H2,(H,26,29)/t19?,21-,23+/m1/s1. The van der Waals surface area contributed by atoms with Crippen molar-refractivity contribution in [3.05, 3.63) is 66.2 Å². The second-order valence-electron chi connectivity index (χ2n) is 8.45. The zero-order valence-corrected chi connectivity index (χ0v) is 17.0. The highest BCUT2D eigenvalue weighted by atomic mass is 16.2. The summed E-state index contributed by atoms with van der Waals surface area (Å²) < 4.78 is 0. The van der Waals surface area contributed by atoms with Gasteiger partial charge in [-0.15, -0.1) is 0 Å². The zero-order chi connectivity index (χ0) is 20.1. The summed E-state index contributed by atoms with van der Waals surface area (Å²) in [5, 5.41) is 3.17. The van der Waals surface area contributed by atoms with Crippen molar-refractivity contribution < 1.29 is 4.79 Å². The Balaban J connectivity index is 1.23. The SMILES string of the molecule is NC[C@@H]1CN(CC(=O)NCC2CCN(c3ccccc3)C2)C[C@H]1c1ccccc1. The number of hydrogen-bond acceptors (Lipinski definition) is 4. The number of likely N-dealkylation sites (tertiary alicyclic amines) is 1. The minimum Gasteiger partial charge on any atom is -0.371 e. The number of amides is 1. The normalized spacial score (nSPS) is 24.7. The molecule has 29 heavy (non-hydrogen) atoms. The van der Waals surface area contributed by atoms with Gasteiger partial charge in [0.15, 0.2) is 0 Å². The Morgan fingerprint density at radius 2 is 1.72 bits per heavy atom. The predicted molar refractivity (Wildman–Crippen MR) is 118 cm³/mol. The van der Waals surface area contributed by atoms with E-state index in [4.69, 9.17) is 5.73 Å². The average Bonchev–Trinajstić information content (AvgIpc) is 3.40. The van der Waals surface area contributed by atoms with Gasteiger partial charge in [0, 0.05) is 44.3 Å². The second kappa shape index (κ2) is 9.42. The Kier molecular flexibility index (Phi) is 6.47. The molecule has 2 saturated heterocycles. The van der Waals surface area contributed by atoms with Crippen LogP contribution in [0.3, 0.4) is 0 Å². The van der Waals surface area contributed by atoms with E-state index in [-0.39, 0.29) is 5.91 Å². The topological polar surface area (TPSA) is 61.6 Å². The fraction of sp³-hybridized carbons (Fsp3) is 0.458. The molecule has 0 spiro atoms. The summed E-state index contributed by atoms with van der Waals surface area (Å²) in [5.41, 5.74) is 8.63. The van der Waals surface area contributed by atoms with Crippen molar-refractivity contribution >= 4 is 11.6 Å². The van der Waals surface area contributed by atoms with Crippen molar-refractivity contribution in [2.45, 2.75) is 12.3 Å². The maximum absolute atomic E-state index is 12.5. The summed E-state index contributed by atoms with van der Waals surface area (Å²) in [5.74, 6) is 1.49. The van der Waals surface area contributed by atoms with E-state index in [2.05, 4.69) is 63.6 Å². The van der Waals surface area contributed by atoms with Gasteiger partial charge in [-0.2, -0.15) is 0 Å². The average molecular weight is 393 g/mol. The monoisotopic (exact) mass is 392 g/mol. The van der Waals surface area contributed by atoms with Crippen LogP contribution in [0.4, 0.5) is 5.69 Å². The number of anilines is 1. The molecule has 0 aliphatic carbocycles. The molecule has 0 bridgehead atoms. The van der Waals surface area contributed by atoms with E-state index in [0.717, 1.165) is 39.1 Å². The molecule has 3 atom stereocenters. The summed E-state index contributed by atoms with van der Waals surface area (Å²) in [7, 11) is 0. The fourth-order valence-corrected chi connectivity index (χ4v) is 4.80. The minimum absolute atomic E-state index is 0.132. The Labute approximate surface area is 173 Å². The highest BCUT2D eigenvalue weighted by Crippen LogP contribution is 2.31. The lowest BCUT2D eigenvalue weighted by atomic mass is 9.89. The van der Waals surface area contributed by atoms with E-state index < -0.39 is 0 Å². The van der Waals surface area contributed by atoms with E-state index in [9.17, 15) is 4.79 Å². The highest BCUT2D eigenvalue weighted by Gasteiger charge is 2.33. The van der Waals surface area contributed by atoms with Crippen LogP contribution in [-0.2, 0) is 4.79 Å². The molecule has 3 N–H and O–H groups in total. The smallest absolute Gasteiger partial charge is 0.234 e. The van der Waals surface area contributed by atoms with Gasteiger partial charge in [-0.1, -0.05) is 48.5 Å². The molecule has 2 aliphatic heterocycles. The number of nitrogens with two attached hydrogens (primary N) is 1. The van der Waals surface area contributed by atoms with Gasteiger partial charge in [0.05, 0.1) is 6.54 Å². The number of carbonyl (C=O) groups excluding carboxylic acids is 1. The molecular formula is C24H32N4O. The Morgan fingerprint density at radius 3 is 2.45 bits per heavy atom. The van der Waals surface area contributed by atoms with Crippen molar-refractivity contribution in [2.24, 2.45) is 17.6 Å². The Morgan fingerprint density at radius 1 is 1.00 bits per heavy atom. The molecule has 2 fully saturated rings. The summed E-state index contributed by atoms with van der Waals surface area (Å²) in [6, 6.07) is 21.1. The van der Waals surface area contributed by atoms with Gasteiger partial charge in [0.25, 0.3) is 0 Å². The highest BCUT2D eigenvalue weighted by molar-refractivity contribution is 5.78. The Bertz CT molecular complexity index is 782. The first kappa shape index (κ1) is 19.9. The van der Waals surface area contributed by atoms with Crippen molar-refractivity contribution in [1.82, 2.24) is 10.2 Å². The number of hydrogen-bond donors (Lipinski definition) is 2. The lowest BCUT2D eigenvalue weighted by Crippen LogP contribution is -2.39. The van der Waals surface area contributed by atoms with Crippen molar-refractivity contribution in [1.29, 1.82) is 0 Å². The first-order chi connectivity index (χ1) is 14.2. The number of nitrogens with one attached hydrogen (secondary N) is 1. The van der Waals surface area contributed by atoms with Gasteiger partial charge in [0.2, 0.25) is 5.91 Å². The number of rotatable bonds is 7. The molecule has 1 unspecified atom stereocenters. The van der Waals surface area contributed by atoms with Crippen LogP contribution >= 0.6 is 0 Å². The summed E-state index contributed by atoms with van der Waals surface area (Å²) in [4.78, 5) is 17.2. The van der Waals surface area contributed by atoms with Crippen LogP contribution in [-0.4, -0.2) is 56.6 Å². The molecule has 2 aromatic carbocycles. The van der Waals surface area contributed by atoms with Gasteiger partial charge < -0.3 is 16.0 Å². The molecule has 2 heterocycles. The maximum Gasteiger partial charge on any atom is 0.234 e. The molecule has 0 aromatic heterocycles. The van der Waals surface area contributed by atoms with Crippen LogP contribution in [0.25, 0.3) is 0 Å². The van der Waals surface area contributed by atoms with Gasteiger partial charge in [-0.25, -0.2) is 0 Å². The molecule has 5 heteroatoms. The first-order valence-corrected chi connectivity index (χ1v) is 10.8. The first-order valence-electron chi connectivity index (χ1n) is 10.8. The van der Waals surface area contributed by atoms with E-state index in [1.807, 2.05) is 12.1 Å². The third kappa shape index (κ3) is 4.98. The van der Waals surface area contributed by atoms with Gasteiger partial charge in [-0.05, 0) is 42.5 Å². The molecule has 2 aromatic rings. The van der Waals surface area contributed by atoms with Crippen molar-refractivity contribution in [3.8, 4) is 0 Å². The van der Waals surface area contributed by atoms with E-state index in [0.29, 0.717) is 30.8 Å². The maximum atomic E-state index is 12.5. The fourth-order valence-electron chi connectivity index (χ4n) is 4.80. The predicted octanol–water partition coefficient (Wildman–Crippen LogP) is 2.30. The largest absolute Gasteiger partial charge is 0.371 e. The molecule has 0 saturated carbocycles. The summed E-state index contributed by atoms with van der Waals surface area (Å²) >= 11 is 0.